The van der Waals surface area contributed by atoms with Crippen molar-refractivity contribution in [3.05, 3.63) is 11.6 Å². The van der Waals surface area contributed by atoms with Crippen LogP contribution in [0.4, 0.5) is 4.79 Å². The SMILES string of the molecule is CC(C)=CCC[C@@]1(C)OC(=O)N[C@@]1(C)O. The van der Waals surface area contributed by atoms with Crippen LogP contribution < -0.4 is 5.32 Å². The Hall–Kier alpha value is -1.03. The van der Waals surface area contributed by atoms with E-state index < -0.39 is 17.4 Å². The molecule has 0 unspecified atom stereocenters. The molecule has 0 aromatic carbocycles. The van der Waals surface area contributed by atoms with E-state index in [9.17, 15) is 9.90 Å². The number of carbonyl (C=O) groups excluding carboxylic acids is 1. The summed E-state index contributed by atoms with van der Waals surface area (Å²) >= 11 is 0. The minimum atomic E-state index is -1.29. The number of hydrogen-bond acceptors (Lipinski definition) is 3. The first-order valence-electron chi connectivity index (χ1n) is 5.14. The topological polar surface area (TPSA) is 58.6 Å². The van der Waals surface area contributed by atoms with Crippen molar-refractivity contribution in [2.75, 3.05) is 0 Å². The van der Waals surface area contributed by atoms with E-state index in [-0.39, 0.29) is 0 Å². The molecule has 86 valence electrons. The van der Waals surface area contributed by atoms with E-state index in [1.165, 1.54) is 5.57 Å². The van der Waals surface area contributed by atoms with Gasteiger partial charge in [0.05, 0.1) is 0 Å². The summed E-state index contributed by atoms with van der Waals surface area (Å²) in [5, 5.41) is 12.4. The van der Waals surface area contributed by atoms with Gasteiger partial charge in [-0.1, -0.05) is 11.6 Å². The van der Waals surface area contributed by atoms with Crippen molar-refractivity contribution in [3.63, 3.8) is 0 Å². The van der Waals surface area contributed by atoms with Gasteiger partial charge in [-0.25, -0.2) is 4.79 Å². The van der Waals surface area contributed by atoms with Gasteiger partial charge in [0.15, 0.2) is 11.3 Å². The van der Waals surface area contributed by atoms with Crippen molar-refractivity contribution in [2.45, 2.75) is 51.9 Å². The largest absolute Gasteiger partial charge is 0.438 e. The predicted octanol–water partition coefficient (Wildman–Crippen LogP) is 1.94. The molecule has 1 amide bonds. The number of aliphatic hydroxyl groups is 1. The predicted molar refractivity (Wildman–Crippen MR) is 57.3 cm³/mol. The first-order valence-corrected chi connectivity index (χ1v) is 5.14. The van der Waals surface area contributed by atoms with Crippen LogP contribution in [0.3, 0.4) is 0 Å². The number of ether oxygens (including phenoxy) is 1. The molecule has 4 nitrogen and oxygen atoms in total. The highest BCUT2D eigenvalue weighted by atomic mass is 16.6. The summed E-state index contributed by atoms with van der Waals surface area (Å²) in [7, 11) is 0. The molecule has 2 atom stereocenters. The van der Waals surface area contributed by atoms with Crippen molar-refractivity contribution >= 4 is 6.09 Å². The summed E-state index contributed by atoms with van der Waals surface area (Å²) in [6.07, 6.45) is 2.89. The molecular formula is C11H19NO3. The number of alkyl carbamates (subject to hydrolysis) is 1. The van der Waals surface area contributed by atoms with Crippen molar-refractivity contribution in [2.24, 2.45) is 0 Å². The monoisotopic (exact) mass is 213 g/mol. The van der Waals surface area contributed by atoms with Gasteiger partial charge >= 0.3 is 6.09 Å². The van der Waals surface area contributed by atoms with Gasteiger partial charge in [-0.2, -0.15) is 0 Å². The Kier molecular flexibility index (Phi) is 3.09. The van der Waals surface area contributed by atoms with Gasteiger partial charge in [0.1, 0.15) is 0 Å². The Morgan fingerprint density at radius 3 is 2.53 bits per heavy atom. The van der Waals surface area contributed by atoms with Gasteiger partial charge in [-0.15, -0.1) is 0 Å². The maximum atomic E-state index is 11.1. The molecule has 0 bridgehead atoms. The molecule has 0 spiro atoms. The lowest BCUT2D eigenvalue weighted by atomic mass is 9.89. The molecule has 1 aliphatic heterocycles. The van der Waals surface area contributed by atoms with Gasteiger partial charge in [-0.05, 0) is 40.5 Å². The summed E-state index contributed by atoms with van der Waals surface area (Å²) in [6.45, 7) is 7.32. The second-order valence-electron chi connectivity index (χ2n) is 4.64. The van der Waals surface area contributed by atoms with E-state index in [2.05, 4.69) is 11.4 Å². The number of hydrogen-bond donors (Lipinski definition) is 2. The van der Waals surface area contributed by atoms with E-state index in [0.29, 0.717) is 6.42 Å². The Bertz CT molecular complexity index is 292. The second-order valence-corrected chi connectivity index (χ2v) is 4.64. The molecule has 0 aromatic heterocycles. The summed E-state index contributed by atoms with van der Waals surface area (Å²) in [4.78, 5) is 11.1. The fourth-order valence-corrected chi connectivity index (χ4v) is 1.59. The van der Waals surface area contributed by atoms with Crippen LogP contribution in [0.2, 0.25) is 0 Å². The summed E-state index contributed by atoms with van der Waals surface area (Å²) < 4.78 is 5.12. The minimum absolute atomic E-state index is 0.556. The molecule has 4 heteroatoms. The molecule has 1 heterocycles. The number of nitrogens with one attached hydrogen (secondary N) is 1. The van der Waals surface area contributed by atoms with Crippen molar-refractivity contribution in [1.82, 2.24) is 5.32 Å². The molecule has 0 saturated carbocycles. The lowest BCUT2D eigenvalue weighted by Crippen LogP contribution is -2.52. The summed E-state index contributed by atoms with van der Waals surface area (Å²) in [6, 6.07) is 0. The van der Waals surface area contributed by atoms with Gasteiger partial charge in [-0.3, -0.25) is 5.32 Å². The average molecular weight is 213 g/mol. The van der Waals surface area contributed by atoms with Gasteiger partial charge in [0.2, 0.25) is 0 Å². The molecule has 1 rings (SSSR count). The zero-order valence-corrected chi connectivity index (χ0v) is 9.76. The van der Waals surface area contributed by atoms with Crippen LogP contribution in [0.5, 0.6) is 0 Å². The smallest absolute Gasteiger partial charge is 0.410 e. The van der Waals surface area contributed by atoms with Gasteiger partial charge in [0, 0.05) is 0 Å². The Labute approximate surface area is 90.3 Å². The Morgan fingerprint density at radius 2 is 2.13 bits per heavy atom. The van der Waals surface area contributed by atoms with Gasteiger partial charge < -0.3 is 9.84 Å². The molecule has 1 aliphatic rings. The zero-order valence-electron chi connectivity index (χ0n) is 9.76. The van der Waals surface area contributed by atoms with Crippen LogP contribution in [-0.4, -0.2) is 22.5 Å². The zero-order chi connectivity index (χ0) is 11.7. The van der Waals surface area contributed by atoms with Crippen LogP contribution in [-0.2, 0) is 4.74 Å². The highest BCUT2D eigenvalue weighted by molar-refractivity contribution is 5.71. The van der Waals surface area contributed by atoms with Crippen molar-refractivity contribution in [1.29, 1.82) is 0 Å². The third-order valence-electron chi connectivity index (χ3n) is 2.87. The molecule has 0 aliphatic carbocycles. The van der Waals surface area contributed by atoms with E-state index >= 15 is 0 Å². The van der Waals surface area contributed by atoms with Crippen LogP contribution in [0.15, 0.2) is 11.6 Å². The third kappa shape index (κ3) is 2.50. The molecule has 0 radical (unpaired) electrons. The van der Waals surface area contributed by atoms with Crippen LogP contribution >= 0.6 is 0 Å². The number of rotatable bonds is 3. The van der Waals surface area contributed by atoms with Crippen molar-refractivity contribution < 1.29 is 14.6 Å². The van der Waals surface area contributed by atoms with E-state index in [4.69, 9.17) is 4.74 Å². The van der Waals surface area contributed by atoms with Crippen molar-refractivity contribution in [3.8, 4) is 0 Å². The highest BCUT2D eigenvalue weighted by Crippen LogP contribution is 2.34. The standard InChI is InChI=1S/C11H19NO3/c1-8(2)6-5-7-10(3)11(4,14)12-9(13)15-10/h6,14H,5,7H2,1-4H3,(H,12,13)/t10-,11+/m1/s1. The average Bonchev–Trinajstić information content (AvgIpc) is 2.19. The molecule has 1 saturated heterocycles. The molecule has 15 heavy (non-hydrogen) atoms. The molecular weight excluding hydrogens is 194 g/mol. The Morgan fingerprint density at radius 1 is 1.53 bits per heavy atom. The number of carbonyl (C=O) groups is 1. The normalized spacial score (nSPS) is 34.6. The lowest BCUT2D eigenvalue weighted by molar-refractivity contribution is -0.0973. The maximum Gasteiger partial charge on any atom is 0.410 e. The van der Waals surface area contributed by atoms with E-state index in [1.54, 1.807) is 13.8 Å². The third-order valence-corrected chi connectivity index (χ3v) is 2.87. The molecule has 2 N–H and O–H groups in total. The maximum absolute atomic E-state index is 11.1. The number of amides is 1. The van der Waals surface area contributed by atoms with Crippen LogP contribution in [0.25, 0.3) is 0 Å². The first kappa shape index (κ1) is 12.0. The second kappa shape index (κ2) is 3.85. The summed E-state index contributed by atoms with van der Waals surface area (Å²) in [5.74, 6) is 0. The number of allylic oxidation sites excluding steroid dienone is 2. The van der Waals surface area contributed by atoms with E-state index in [1.807, 2.05) is 13.8 Å². The van der Waals surface area contributed by atoms with Crippen LogP contribution in [0, 0.1) is 0 Å². The van der Waals surface area contributed by atoms with Crippen LogP contribution in [0.1, 0.15) is 40.5 Å². The quantitative estimate of drug-likeness (QED) is 0.704. The lowest BCUT2D eigenvalue weighted by Gasteiger charge is -2.32. The number of cyclic esters (lactones) is 1. The fourth-order valence-electron chi connectivity index (χ4n) is 1.59. The van der Waals surface area contributed by atoms with Gasteiger partial charge in [0.25, 0.3) is 0 Å². The fraction of sp³-hybridized carbons (Fsp3) is 0.727. The summed E-state index contributed by atoms with van der Waals surface area (Å²) in [5.41, 5.74) is -0.925. The minimum Gasteiger partial charge on any atom is -0.438 e. The molecule has 1 fully saturated rings. The van der Waals surface area contributed by atoms with E-state index in [0.717, 1.165) is 6.42 Å². The Balaban J connectivity index is 2.66. The molecule has 0 aromatic rings. The highest BCUT2D eigenvalue weighted by Gasteiger charge is 2.53. The first-order chi connectivity index (χ1) is 6.77.